The number of nitrogens with zero attached hydrogens (tertiary/aromatic N) is 3. The first-order valence-electron chi connectivity index (χ1n) is 10.6. The van der Waals surface area contributed by atoms with E-state index in [0.29, 0.717) is 15.6 Å². The number of benzene rings is 3. The lowest BCUT2D eigenvalue weighted by Crippen LogP contribution is -2.44. The first kappa shape index (κ1) is 24.7. The van der Waals surface area contributed by atoms with E-state index in [1.165, 1.54) is 25.3 Å². The molecule has 0 spiro atoms. The van der Waals surface area contributed by atoms with Crippen LogP contribution in [0.1, 0.15) is 17.2 Å². The zero-order chi connectivity index (χ0) is 25.1. The first-order chi connectivity index (χ1) is 16.8. The minimum atomic E-state index is -0.782. The lowest BCUT2D eigenvalue weighted by atomic mass is 10.1. The van der Waals surface area contributed by atoms with Gasteiger partial charge < -0.3 is 10.5 Å². The fourth-order valence-electron chi connectivity index (χ4n) is 3.68. The molecule has 35 heavy (non-hydrogen) atoms. The van der Waals surface area contributed by atoms with Crippen LogP contribution in [0.2, 0.25) is 10.0 Å². The van der Waals surface area contributed by atoms with Crippen LogP contribution in [0.4, 0.5) is 4.39 Å². The lowest BCUT2D eigenvalue weighted by Gasteiger charge is -2.17. The van der Waals surface area contributed by atoms with E-state index in [2.05, 4.69) is 5.10 Å². The van der Waals surface area contributed by atoms with E-state index in [9.17, 15) is 9.59 Å². The summed E-state index contributed by atoms with van der Waals surface area (Å²) in [5, 5.41) is 4.85. The highest BCUT2D eigenvalue weighted by Crippen LogP contribution is 2.27. The van der Waals surface area contributed by atoms with Crippen molar-refractivity contribution in [3.8, 4) is 17.0 Å². The molecular weight excluding hydrogens is 494 g/mol. The third-order valence-electron chi connectivity index (χ3n) is 5.54. The number of nitrogens with two attached hydrogens (primary N) is 1. The topological polar surface area (TPSA) is 92.1 Å². The molecule has 7 nitrogen and oxygen atoms in total. The van der Waals surface area contributed by atoms with Crippen molar-refractivity contribution in [3.05, 3.63) is 115 Å². The Morgan fingerprint density at radius 1 is 1.00 bits per heavy atom. The van der Waals surface area contributed by atoms with Crippen LogP contribution in [0.15, 0.2) is 76.3 Å². The Balaban J connectivity index is 1.91. The van der Waals surface area contributed by atoms with Crippen molar-refractivity contribution in [2.75, 3.05) is 7.11 Å². The summed E-state index contributed by atoms with van der Waals surface area (Å²) in [6, 6.07) is 17.6. The van der Waals surface area contributed by atoms with Crippen LogP contribution < -0.4 is 21.7 Å². The molecule has 0 amide bonds. The lowest BCUT2D eigenvalue weighted by molar-refractivity contribution is 0.387. The Morgan fingerprint density at radius 2 is 1.66 bits per heavy atom. The van der Waals surface area contributed by atoms with Gasteiger partial charge >= 0.3 is 5.69 Å². The van der Waals surface area contributed by atoms with E-state index in [0.717, 1.165) is 14.8 Å². The van der Waals surface area contributed by atoms with Crippen LogP contribution >= 0.6 is 23.2 Å². The third-order valence-corrected chi connectivity index (χ3v) is 6.24. The monoisotopic (exact) mass is 514 g/mol. The quantitative estimate of drug-likeness (QED) is 0.397. The van der Waals surface area contributed by atoms with E-state index >= 15 is 4.39 Å². The van der Waals surface area contributed by atoms with Gasteiger partial charge in [0.15, 0.2) is 17.3 Å². The average Bonchev–Trinajstić information content (AvgIpc) is 2.86. The second-order valence-corrected chi connectivity index (χ2v) is 8.56. The Labute approximate surface area is 210 Å². The first-order valence-corrected chi connectivity index (χ1v) is 11.4. The number of rotatable bonds is 7. The predicted octanol–water partition coefficient (Wildman–Crippen LogP) is 4.27. The molecule has 4 rings (SSSR count). The van der Waals surface area contributed by atoms with Gasteiger partial charge in [0, 0.05) is 27.2 Å². The SMILES string of the molecule is COc1cccc(-c2nn(Cc3c(Cl)cccc3Cl)c(=O)n(CC(N)c3ccccc3)c2=O)c1F. The van der Waals surface area contributed by atoms with E-state index < -0.39 is 23.1 Å². The Kier molecular flexibility index (Phi) is 7.35. The Morgan fingerprint density at radius 3 is 2.31 bits per heavy atom. The minimum absolute atomic E-state index is 0.0665. The van der Waals surface area contributed by atoms with E-state index in [4.69, 9.17) is 33.7 Å². The van der Waals surface area contributed by atoms with Gasteiger partial charge in [-0.25, -0.2) is 13.9 Å². The van der Waals surface area contributed by atoms with Crippen molar-refractivity contribution in [1.29, 1.82) is 0 Å². The van der Waals surface area contributed by atoms with E-state index in [1.807, 2.05) is 6.07 Å². The van der Waals surface area contributed by atoms with Crippen LogP contribution in [-0.4, -0.2) is 21.5 Å². The maximum atomic E-state index is 15.1. The van der Waals surface area contributed by atoms with Gasteiger partial charge in [-0.15, -0.1) is 0 Å². The highest BCUT2D eigenvalue weighted by Gasteiger charge is 2.22. The third kappa shape index (κ3) is 5.00. The summed E-state index contributed by atoms with van der Waals surface area (Å²) >= 11 is 12.6. The fourth-order valence-corrected chi connectivity index (χ4v) is 4.20. The second-order valence-electron chi connectivity index (χ2n) is 7.74. The van der Waals surface area contributed by atoms with E-state index in [1.54, 1.807) is 42.5 Å². The van der Waals surface area contributed by atoms with Crippen LogP contribution in [0.3, 0.4) is 0 Å². The highest BCUT2D eigenvalue weighted by molar-refractivity contribution is 6.35. The molecule has 0 fully saturated rings. The molecule has 0 saturated carbocycles. The second kappa shape index (κ2) is 10.4. The molecule has 4 aromatic rings. The minimum Gasteiger partial charge on any atom is -0.494 e. The molecule has 0 aliphatic heterocycles. The van der Waals surface area contributed by atoms with Crippen molar-refractivity contribution in [1.82, 2.24) is 14.3 Å². The number of hydrogen-bond acceptors (Lipinski definition) is 5. The van der Waals surface area contributed by atoms with Crippen LogP contribution in [0, 0.1) is 5.82 Å². The van der Waals surface area contributed by atoms with Crippen LogP contribution in [0.5, 0.6) is 5.75 Å². The summed E-state index contributed by atoms with van der Waals surface area (Å²) in [6.45, 7) is -0.296. The maximum absolute atomic E-state index is 15.1. The number of halogens is 3. The van der Waals surface area contributed by atoms with Crippen LogP contribution in [0.25, 0.3) is 11.3 Å². The normalized spacial score (nSPS) is 11.9. The predicted molar refractivity (Wildman–Crippen MR) is 134 cm³/mol. The van der Waals surface area contributed by atoms with Gasteiger partial charge in [0.1, 0.15) is 0 Å². The molecule has 2 N–H and O–H groups in total. The van der Waals surface area contributed by atoms with Crippen molar-refractivity contribution < 1.29 is 9.13 Å². The average molecular weight is 515 g/mol. The molecule has 0 radical (unpaired) electrons. The van der Waals surface area contributed by atoms with Gasteiger partial charge in [-0.1, -0.05) is 65.7 Å². The highest BCUT2D eigenvalue weighted by atomic mass is 35.5. The van der Waals surface area contributed by atoms with Gasteiger partial charge in [0.2, 0.25) is 0 Å². The van der Waals surface area contributed by atoms with Crippen LogP contribution in [-0.2, 0) is 13.1 Å². The smallest absolute Gasteiger partial charge is 0.347 e. The molecule has 1 heterocycles. The molecular formula is C25H21Cl2FN4O3. The molecule has 0 aliphatic rings. The molecule has 1 atom stereocenters. The zero-order valence-corrected chi connectivity index (χ0v) is 20.1. The van der Waals surface area contributed by atoms with Gasteiger partial charge in [-0.2, -0.15) is 5.10 Å². The summed E-state index contributed by atoms with van der Waals surface area (Å²) in [7, 11) is 1.31. The molecule has 3 aromatic carbocycles. The molecule has 0 bridgehead atoms. The van der Waals surface area contributed by atoms with E-state index in [-0.39, 0.29) is 30.1 Å². The molecule has 180 valence electrons. The number of methoxy groups -OCH3 is 1. The summed E-state index contributed by atoms with van der Waals surface area (Å²) in [4.78, 5) is 26.8. The summed E-state index contributed by atoms with van der Waals surface area (Å²) in [5.41, 5.74) is 5.57. The standard InChI is InChI=1S/C25H21Cl2FN4O3/c1-35-21-12-5-9-16(22(21)28)23-24(33)31(14-20(29)15-7-3-2-4-8-15)25(34)32(30-23)13-17-18(26)10-6-11-19(17)27/h2-12,20H,13-14,29H2,1H3. The number of aromatic nitrogens is 3. The van der Waals surface area contributed by atoms with Crippen molar-refractivity contribution in [3.63, 3.8) is 0 Å². The number of hydrogen-bond donors (Lipinski definition) is 1. The van der Waals surface area contributed by atoms with Gasteiger partial charge in [0.05, 0.1) is 20.2 Å². The fraction of sp³-hybridized carbons (Fsp3) is 0.160. The van der Waals surface area contributed by atoms with Gasteiger partial charge in [-0.3, -0.25) is 9.36 Å². The Bertz CT molecular complexity index is 1470. The number of ether oxygens (including phenoxy) is 1. The maximum Gasteiger partial charge on any atom is 0.347 e. The van der Waals surface area contributed by atoms with Crippen molar-refractivity contribution in [2.24, 2.45) is 5.73 Å². The molecule has 1 aromatic heterocycles. The summed E-state index contributed by atoms with van der Waals surface area (Å²) < 4.78 is 22.1. The van der Waals surface area contributed by atoms with Crippen molar-refractivity contribution >= 4 is 23.2 Å². The van der Waals surface area contributed by atoms with Gasteiger partial charge in [0.25, 0.3) is 5.56 Å². The largest absolute Gasteiger partial charge is 0.494 e. The Hall–Kier alpha value is -3.46. The molecule has 1 unspecified atom stereocenters. The van der Waals surface area contributed by atoms with Crippen molar-refractivity contribution in [2.45, 2.75) is 19.1 Å². The van der Waals surface area contributed by atoms with Gasteiger partial charge in [-0.05, 0) is 29.8 Å². The summed E-state index contributed by atoms with van der Waals surface area (Å²) in [5.74, 6) is -0.845. The summed E-state index contributed by atoms with van der Waals surface area (Å²) in [6.07, 6.45) is 0. The molecule has 0 saturated heterocycles. The molecule has 0 aliphatic carbocycles. The molecule has 10 heteroatoms. The zero-order valence-electron chi connectivity index (χ0n) is 18.6.